The topological polar surface area (TPSA) is 94.5 Å². The lowest BCUT2D eigenvalue weighted by atomic mass is 10.1. The third-order valence-electron chi connectivity index (χ3n) is 4.77. The van der Waals surface area contributed by atoms with E-state index in [2.05, 4.69) is 0 Å². The summed E-state index contributed by atoms with van der Waals surface area (Å²) in [7, 11) is 3.15. The third kappa shape index (κ3) is 5.43. The Morgan fingerprint density at radius 2 is 1.38 bits per heavy atom. The Kier molecular flexibility index (Phi) is 7.81. The van der Waals surface area contributed by atoms with E-state index in [0.29, 0.717) is 11.5 Å². The number of carboxylic acids is 1. The van der Waals surface area contributed by atoms with Gasteiger partial charge in [-0.2, -0.15) is 0 Å². The molecule has 3 aromatic rings. The van der Waals surface area contributed by atoms with Gasteiger partial charge in [-0.25, -0.2) is 4.79 Å². The van der Waals surface area contributed by atoms with Crippen molar-refractivity contribution in [2.24, 2.45) is 0 Å². The molecular formula is C24H23ClO7. The maximum Gasteiger partial charge on any atom is 0.340 e. The van der Waals surface area contributed by atoms with Crippen LogP contribution < -0.4 is 18.9 Å². The monoisotopic (exact) mass is 458 g/mol. The van der Waals surface area contributed by atoms with Crippen LogP contribution in [0, 0.1) is 0 Å². The molecule has 0 saturated carbocycles. The molecule has 3 aromatic carbocycles. The van der Waals surface area contributed by atoms with E-state index < -0.39 is 12.6 Å². The van der Waals surface area contributed by atoms with Gasteiger partial charge < -0.3 is 29.2 Å². The quantitative estimate of drug-likeness (QED) is 0.454. The van der Waals surface area contributed by atoms with Crippen LogP contribution in [0.15, 0.2) is 54.6 Å². The molecule has 0 aliphatic carbocycles. The first-order valence-electron chi connectivity index (χ1n) is 9.67. The molecule has 0 bridgehead atoms. The first-order chi connectivity index (χ1) is 15.5. The Morgan fingerprint density at radius 3 is 1.81 bits per heavy atom. The summed E-state index contributed by atoms with van der Waals surface area (Å²) in [6, 6.07) is 15.9. The maximum absolute atomic E-state index is 12.0. The molecule has 0 aliphatic rings. The lowest BCUT2D eigenvalue weighted by molar-refractivity contribution is 0.0686. The molecule has 168 valence electrons. The van der Waals surface area contributed by atoms with Crippen molar-refractivity contribution >= 4 is 17.6 Å². The lowest BCUT2D eigenvalue weighted by Crippen LogP contribution is -2.10. The average molecular weight is 459 g/mol. The summed E-state index contributed by atoms with van der Waals surface area (Å²) in [5.41, 5.74) is 1.45. The van der Waals surface area contributed by atoms with Crippen LogP contribution in [0.3, 0.4) is 0 Å². The number of carboxylic acid groups (broad SMARTS) is 1. The van der Waals surface area contributed by atoms with E-state index in [1.807, 2.05) is 12.1 Å². The number of benzene rings is 3. The second kappa shape index (κ2) is 10.7. The molecule has 0 aliphatic heterocycles. The number of ether oxygens (including phenoxy) is 4. The van der Waals surface area contributed by atoms with Crippen molar-refractivity contribution in [2.45, 2.75) is 19.8 Å². The van der Waals surface area contributed by atoms with Gasteiger partial charge in [0.25, 0.3) is 0 Å². The highest BCUT2D eigenvalue weighted by atomic mass is 35.5. The number of methoxy groups -OCH3 is 2. The standard InChI is InChI=1S/C24H23ClO7/c1-29-17-7-3-15(4-8-17)13-31-21-11-20(25)19(12-26)22(24(27)28)23(21)32-14-16-5-9-18(30-2)10-6-16/h3-11,26H,12-14H2,1-2H3,(H,27,28). The number of carbonyl (C=O) groups is 1. The molecule has 0 unspecified atom stereocenters. The molecule has 0 spiro atoms. The molecule has 0 atom stereocenters. The van der Waals surface area contributed by atoms with Crippen molar-refractivity contribution < 1.29 is 34.0 Å². The van der Waals surface area contributed by atoms with Gasteiger partial charge in [0.15, 0.2) is 11.5 Å². The zero-order valence-corrected chi connectivity index (χ0v) is 18.4. The van der Waals surface area contributed by atoms with Crippen LogP contribution in [0.5, 0.6) is 23.0 Å². The summed E-state index contributed by atoms with van der Waals surface area (Å²) in [4.78, 5) is 12.0. The molecule has 2 N–H and O–H groups in total. The first kappa shape index (κ1) is 23.2. The molecule has 0 aromatic heterocycles. The zero-order valence-electron chi connectivity index (χ0n) is 17.6. The second-order valence-electron chi connectivity index (χ2n) is 6.78. The highest BCUT2D eigenvalue weighted by molar-refractivity contribution is 6.32. The Balaban J connectivity index is 1.91. The minimum Gasteiger partial charge on any atom is -0.497 e. The van der Waals surface area contributed by atoms with Crippen LogP contribution in [0.1, 0.15) is 27.0 Å². The number of rotatable bonds is 10. The van der Waals surface area contributed by atoms with Gasteiger partial charge in [-0.05, 0) is 35.4 Å². The molecule has 8 heteroatoms. The number of halogens is 1. The van der Waals surface area contributed by atoms with Crippen molar-refractivity contribution in [3.05, 3.63) is 81.9 Å². The molecule has 0 saturated heterocycles. The van der Waals surface area contributed by atoms with Crippen LogP contribution in [0.25, 0.3) is 0 Å². The lowest BCUT2D eigenvalue weighted by Gasteiger charge is -2.18. The molecule has 0 radical (unpaired) electrons. The zero-order chi connectivity index (χ0) is 23.1. The van der Waals surface area contributed by atoms with E-state index in [4.69, 9.17) is 30.5 Å². The van der Waals surface area contributed by atoms with Gasteiger partial charge in [0.2, 0.25) is 0 Å². The number of aliphatic hydroxyl groups excluding tert-OH is 1. The molecule has 7 nitrogen and oxygen atoms in total. The molecule has 0 heterocycles. The van der Waals surface area contributed by atoms with E-state index in [9.17, 15) is 15.0 Å². The number of hydrogen-bond acceptors (Lipinski definition) is 6. The van der Waals surface area contributed by atoms with Crippen molar-refractivity contribution in [3.63, 3.8) is 0 Å². The number of hydrogen-bond donors (Lipinski definition) is 2. The smallest absolute Gasteiger partial charge is 0.340 e. The van der Waals surface area contributed by atoms with Gasteiger partial charge in [-0.1, -0.05) is 35.9 Å². The molecule has 0 fully saturated rings. The second-order valence-corrected chi connectivity index (χ2v) is 7.18. The Morgan fingerprint density at radius 1 is 0.875 bits per heavy atom. The molecular weight excluding hydrogens is 436 g/mol. The van der Waals surface area contributed by atoms with Crippen LogP contribution in [0.4, 0.5) is 0 Å². The Hall–Kier alpha value is -3.42. The predicted molar refractivity (Wildman–Crippen MR) is 119 cm³/mol. The predicted octanol–water partition coefficient (Wildman–Crippen LogP) is 4.71. The third-order valence-corrected chi connectivity index (χ3v) is 5.10. The van der Waals surface area contributed by atoms with Crippen LogP contribution in [-0.2, 0) is 19.8 Å². The van der Waals surface area contributed by atoms with Crippen LogP contribution in [-0.4, -0.2) is 30.4 Å². The minimum atomic E-state index is -1.28. The minimum absolute atomic E-state index is 0.00437. The van der Waals surface area contributed by atoms with Crippen LogP contribution >= 0.6 is 11.6 Å². The fourth-order valence-corrected chi connectivity index (χ4v) is 3.29. The summed E-state index contributed by atoms with van der Waals surface area (Å²) in [5.74, 6) is 0.276. The summed E-state index contributed by atoms with van der Waals surface area (Å²) in [6.45, 7) is -0.329. The normalized spacial score (nSPS) is 10.5. The van der Waals surface area contributed by atoms with E-state index in [0.717, 1.165) is 11.1 Å². The highest BCUT2D eigenvalue weighted by Crippen LogP contribution is 2.39. The van der Waals surface area contributed by atoms with Gasteiger partial charge in [-0.3, -0.25) is 0 Å². The summed E-state index contributed by atoms with van der Waals surface area (Å²) >= 11 is 6.23. The highest BCUT2D eigenvalue weighted by Gasteiger charge is 2.25. The summed E-state index contributed by atoms with van der Waals surface area (Å²) in [5, 5.41) is 19.6. The fraction of sp³-hybridized carbons (Fsp3) is 0.208. The van der Waals surface area contributed by atoms with Crippen molar-refractivity contribution in [2.75, 3.05) is 14.2 Å². The summed E-state index contributed by atoms with van der Waals surface area (Å²) < 4.78 is 22.0. The van der Waals surface area contributed by atoms with E-state index in [-0.39, 0.29) is 40.9 Å². The maximum atomic E-state index is 12.0. The largest absolute Gasteiger partial charge is 0.497 e. The molecule has 0 amide bonds. The van der Waals surface area contributed by atoms with E-state index in [1.54, 1.807) is 50.6 Å². The van der Waals surface area contributed by atoms with Gasteiger partial charge in [-0.15, -0.1) is 0 Å². The van der Waals surface area contributed by atoms with Crippen molar-refractivity contribution in [1.82, 2.24) is 0 Å². The van der Waals surface area contributed by atoms with Gasteiger partial charge in [0.1, 0.15) is 30.3 Å². The number of aromatic carboxylic acids is 1. The van der Waals surface area contributed by atoms with Gasteiger partial charge in [0, 0.05) is 11.6 Å². The fourth-order valence-electron chi connectivity index (χ4n) is 3.04. The Bertz CT molecular complexity index is 1060. The van der Waals surface area contributed by atoms with E-state index >= 15 is 0 Å². The molecule has 32 heavy (non-hydrogen) atoms. The van der Waals surface area contributed by atoms with Crippen molar-refractivity contribution in [3.8, 4) is 23.0 Å². The van der Waals surface area contributed by atoms with Crippen molar-refractivity contribution in [1.29, 1.82) is 0 Å². The first-order valence-corrected chi connectivity index (χ1v) is 10.1. The average Bonchev–Trinajstić information content (AvgIpc) is 2.82. The number of aliphatic hydroxyl groups is 1. The SMILES string of the molecule is COc1ccc(COc2cc(Cl)c(CO)c(C(=O)O)c2OCc2ccc(OC)cc2)cc1. The van der Waals surface area contributed by atoms with Gasteiger partial charge in [0.05, 0.1) is 25.8 Å². The van der Waals surface area contributed by atoms with Gasteiger partial charge >= 0.3 is 5.97 Å². The van der Waals surface area contributed by atoms with E-state index in [1.165, 1.54) is 6.07 Å². The molecule has 3 rings (SSSR count). The summed E-state index contributed by atoms with van der Waals surface area (Å²) in [6.07, 6.45) is 0. The Labute approximate surface area is 190 Å². The van der Waals surface area contributed by atoms with Crippen LogP contribution in [0.2, 0.25) is 5.02 Å².